The molecule has 1 saturated heterocycles. The van der Waals surface area contributed by atoms with Crippen LogP contribution in [0.4, 0.5) is 5.82 Å². The van der Waals surface area contributed by atoms with Gasteiger partial charge in [-0.15, -0.1) is 0 Å². The van der Waals surface area contributed by atoms with Crippen molar-refractivity contribution in [1.82, 2.24) is 4.98 Å². The Morgan fingerprint density at radius 1 is 1.62 bits per heavy atom. The molecule has 4 nitrogen and oxygen atoms in total. The fourth-order valence-electron chi connectivity index (χ4n) is 2.04. The molecule has 1 aliphatic heterocycles. The lowest BCUT2D eigenvalue weighted by Crippen LogP contribution is -2.42. The molecule has 2 atom stereocenters. The minimum absolute atomic E-state index is 0.0156. The highest BCUT2D eigenvalue weighted by molar-refractivity contribution is 5.48. The zero-order chi connectivity index (χ0) is 11.5. The van der Waals surface area contributed by atoms with Gasteiger partial charge < -0.3 is 15.4 Å². The smallest absolute Gasteiger partial charge is 0.133 e. The molecule has 0 spiro atoms. The minimum atomic E-state index is 0.0156. The van der Waals surface area contributed by atoms with E-state index in [0.717, 1.165) is 31.1 Å². The molecule has 1 aliphatic rings. The van der Waals surface area contributed by atoms with E-state index in [2.05, 4.69) is 16.8 Å². The second-order valence-corrected chi connectivity index (χ2v) is 4.33. The SMILES string of the molecule is CC1CN(c2ncccc2[C@@H](C)N)CCO1. The second-order valence-electron chi connectivity index (χ2n) is 4.33. The van der Waals surface area contributed by atoms with Crippen LogP contribution in [0.5, 0.6) is 0 Å². The van der Waals surface area contributed by atoms with Crippen LogP contribution in [0.2, 0.25) is 0 Å². The Balaban J connectivity index is 2.25. The van der Waals surface area contributed by atoms with Crippen molar-refractivity contribution in [2.45, 2.75) is 26.0 Å². The number of hydrogen-bond acceptors (Lipinski definition) is 4. The van der Waals surface area contributed by atoms with Gasteiger partial charge in [0.2, 0.25) is 0 Å². The van der Waals surface area contributed by atoms with Gasteiger partial charge in [0.15, 0.2) is 0 Å². The van der Waals surface area contributed by atoms with E-state index >= 15 is 0 Å². The van der Waals surface area contributed by atoms with Crippen molar-refractivity contribution in [3.05, 3.63) is 23.9 Å². The Labute approximate surface area is 96.4 Å². The molecule has 16 heavy (non-hydrogen) atoms. The van der Waals surface area contributed by atoms with Crippen molar-refractivity contribution < 1.29 is 4.74 Å². The van der Waals surface area contributed by atoms with E-state index in [4.69, 9.17) is 10.5 Å². The molecule has 0 saturated carbocycles. The van der Waals surface area contributed by atoms with Gasteiger partial charge in [0.1, 0.15) is 5.82 Å². The van der Waals surface area contributed by atoms with E-state index in [1.165, 1.54) is 0 Å². The molecule has 0 aromatic carbocycles. The molecular weight excluding hydrogens is 202 g/mol. The van der Waals surface area contributed by atoms with Crippen molar-refractivity contribution >= 4 is 5.82 Å². The third kappa shape index (κ3) is 2.33. The molecule has 2 N–H and O–H groups in total. The summed E-state index contributed by atoms with van der Waals surface area (Å²) in [5.41, 5.74) is 7.07. The summed E-state index contributed by atoms with van der Waals surface area (Å²) in [6.07, 6.45) is 2.08. The Kier molecular flexibility index (Phi) is 3.41. The summed E-state index contributed by atoms with van der Waals surface area (Å²) in [5, 5.41) is 0. The van der Waals surface area contributed by atoms with Crippen LogP contribution in [0.15, 0.2) is 18.3 Å². The maximum atomic E-state index is 5.96. The van der Waals surface area contributed by atoms with Crippen LogP contribution in [0.3, 0.4) is 0 Å². The van der Waals surface area contributed by atoms with Gasteiger partial charge in [-0.25, -0.2) is 4.98 Å². The first kappa shape index (κ1) is 11.4. The average Bonchev–Trinajstić information content (AvgIpc) is 2.29. The normalized spacial score (nSPS) is 23.2. The summed E-state index contributed by atoms with van der Waals surface area (Å²) >= 11 is 0. The summed E-state index contributed by atoms with van der Waals surface area (Å²) in [6.45, 7) is 6.61. The first-order valence-electron chi connectivity index (χ1n) is 5.75. The molecule has 2 heterocycles. The highest BCUT2D eigenvalue weighted by atomic mass is 16.5. The summed E-state index contributed by atoms with van der Waals surface area (Å²) in [7, 11) is 0. The predicted molar refractivity (Wildman–Crippen MR) is 64.5 cm³/mol. The van der Waals surface area contributed by atoms with E-state index in [1.807, 2.05) is 25.3 Å². The van der Waals surface area contributed by atoms with Crippen LogP contribution in [0.25, 0.3) is 0 Å². The highest BCUT2D eigenvalue weighted by Crippen LogP contribution is 2.23. The van der Waals surface area contributed by atoms with Gasteiger partial charge in [0.05, 0.1) is 12.7 Å². The van der Waals surface area contributed by atoms with Crippen molar-refractivity contribution in [1.29, 1.82) is 0 Å². The molecule has 1 aromatic rings. The van der Waals surface area contributed by atoms with E-state index in [1.54, 1.807) is 0 Å². The van der Waals surface area contributed by atoms with Crippen LogP contribution >= 0.6 is 0 Å². The molecule has 1 fully saturated rings. The number of nitrogens with zero attached hydrogens (tertiary/aromatic N) is 2. The molecule has 0 aliphatic carbocycles. The fraction of sp³-hybridized carbons (Fsp3) is 0.583. The third-order valence-corrected chi connectivity index (χ3v) is 2.85. The maximum Gasteiger partial charge on any atom is 0.133 e. The number of rotatable bonds is 2. The fourth-order valence-corrected chi connectivity index (χ4v) is 2.04. The van der Waals surface area contributed by atoms with E-state index in [9.17, 15) is 0 Å². The number of ether oxygens (including phenoxy) is 1. The Morgan fingerprint density at radius 3 is 3.12 bits per heavy atom. The zero-order valence-electron chi connectivity index (χ0n) is 9.89. The lowest BCUT2D eigenvalue weighted by atomic mass is 10.1. The Morgan fingerprint density at radius 2 is 2.44 bits per heavy atom. The van der Waals surface area contributed by atoms with Crippen LogP contribution in [0.1, 0.15) is 25.5 Å². The molecule has 0 bridgehead atoms. The highest BCUT2D eigenvalue weighted by Gasteiger charge is 2.20. The molecule has 0 radical (unpaired) electrons. The summed E-state index contributed by atoms with van der Waals surface area (Å²) in [4.78, 5) is 6.71. The average molecular weight is 221 g/mol. The number of pyridine rings is 1. The summed E-state index contributed by atoms with van der Waals surface area (Å²) in [6, 6.07) is 4.00. The molecule has 4 heteroatoms. The Hall–Kier alpha value is -1.13. The summed E-state index contributed by atoms with van der Waals surface area (Å²) < 4.78 is 5.53. The van der Waals surface area contributed by atoms with Crippen molar-refractivity contribution in [3.8, 4) is 0 Å². The van der Waals surface area contributed by atoms with Gasteiger partial charge in [-0.1, -0.05) is 6.07 Å². The quantitative estimate of drug-likeness (QED) is 0.818. The molecule has 1 unspecified atom stereocenters. The van der Waals surface area contributed by atoms with Gasteiger partial charge in [-0.3, -0.25) is 0 Å². The number of aromatic nitrogens is 1. The topological polar surface area (TPSA) is 51.4 Å². The number of nitrogens with two attached hydrogens (primary N) is 1. The largest absolute Gasteiger partial charge is 0.375 e. The third-order valence-electron chi connectivity index (χ3n) is 2.85. The lowest BCUT2D eigenvalue weighted by molar-refractivity contribution is 0.0528. The molecule has 88 valence electrons. The number of hydrogen-bond donors (Lipinski definition) is 1. The van der Waals surface area contributed by atoms with Crippen molar-refractivity contribution in [2.75, 3.05) is 24.6 Å². The second kappa shape index (κ2) is 4.80. The van der Waals surface area contributed by atoms with E-state index in [0.29, 0.717) is 0 Å². The van der Waals surface area contributed by atoms with Gasteiger partial charge in [-0.05, 0) is 19.9 Å². The number of morpholine rings is 1. The van der Waals surface area contributed by atoms with E-state index < -0.39 is 0 Å². The zero-order valence-corrected chi connectivity index (χ0v) is 9.89. The minimum Gasteiger partial charge on any atom is -0.375 e. The standard InChI is InChI=1S/C12H19N3O/c1-9-8-15(6-7-16-9)12-11(10(2)13)4-3-5-14-12/h3-5,9-10H,6-8,13H2,1-2H3/t9?,10-/m1/s1. The molecule has 2 rings (SSSR count). The first-order chi connectivity index (χ1) is 7.68. The van der Waals surface area contributed by atoms with Gasteiger partial charge in [0.25, 0.3) is 0 Å². The first-order valence-corrected chi connectivity index (χ1v) is 5.75. The molecule has 1 aromatic heterocycles. The van der Waals surface area contributed by atoms with Crippen molar-refractivity contribution in [2.24, 2.45) is 5.73 Å². The number of anilines is 1. The predicted octanol–water partition coefficient (Wildman–Crippen LogP) is 1.33. The van der Waals surface area contributed by atoms with Crippen LogP contribution in [0, 0.1) is 0 Å². The Bertz CT molecular complexity index is 354. The summed E-state index contributed by atoms with van der Waals surface area (Å²) in [5.74, 6) is 1.01. The lowest BCUT2D eigenvalue weighted by Gasteiger charge is -2.33. The van der Waals surface area contributed by atoms with Crippen LogP contribution in [-0.2, 0) is 4.74 Å². The molecular formula is C12H19N3O. The van der Waals surface area contributed by atoms with Gasteiger partial charge in [-0.2, -0.15) is 0 Å². The molecule has 0 amide bonds. The van der Waals surface area contributed by atoms with Crippen LogP contribution in [-0.4, -0.2) is 30.8 Å². The van der Waals surface area contributed by atoms with E-state index in [-0.39, 0.29) is 12.1 Å². The van der Waals surface area contributed by atoms with Crippen LogP contribution < -0.4 is 10.6 Å². The maximum absolute atomic E-state index is 5.96. The van der Waals surface area contributed by atoms with Crippen molar-refractivity contribution in [3.63, 3.8) is 0 Å². The van der Waals surface area contributed by atoms with Gasteiger partial charge in [0, 0.05) is 30.9 Å². The monoisotopic (exact) mass is 221 g/mol. The van der Waals surface area contributed by atoms with Gasteiger partial charge >= 0.3 is 0 Å².